The van der Waals surface area contributed by atoms with E-state index in [1.165, 1.54) is 12.4 Å². The fourth-order valence-corrected chi connectivity index (χ4v) is 3.44. The molecule has 1 aliphatic heterocycles. The Bertz CT molecular complexity index is 1160. The third-order valence-electron chi connectivity index (χ3n) is 4.94. The molecule has 0 bridgehead atoms. The molecule has 3 heterocycles. The second-order valence-corrected chi connectivity index (χ2v) is 9.83. The van der Waals surface area contributed by atoms with Crippen LogP contribution in [-0.2, 0) is 4.74 Å². The lowest BCUT2D eigenvalue weighted by Gasteiger charge is -2.22. The summed E-state index contributed by atoms with van der Waals surface area (Å²) in [6.07, 6.45) is 7.46. The highest BCUT2D eigenvalue weighted by atomic mass is 16.6. The summed E-state index contributed by atoms with van der Waals surface area (Å²) in [5.41, 5.74) is -0.470. The van der Waals surface area contributed by atoms with Crippen molar-refractivity contribution in [3.63, 3.8) is 0 Å². The van der Waals surface area contributed by atoms with E-state index in [4.69, 9.17) is 10.1 Å². The Balaban J connectivity index is 2.40. The molecule has 0 amide bonds. The summed E-state index contributed by atoms with van der Waals surface area (Å²) in [4.78, 5) is 30.9. The van der Waals surface area contributed by atoms with Crippen LogP contribution in [0, 0.1) is 10.8 Å². The maximum Gasteiger partial charge on any atom is 0.421 e. The zero-order chi connectivity index (χ0) is 24.6. The van der Waals surface area contributed by atoms with Gasteiger partial charge < -0.3 is 15.2 Å². The van der Waals surface area contributed by atoms with Gasteiger partial charge in [-0.05, 0) is 50.8 Å². The van der Waals surface area contributed by atoms with Gasteiger partial charge in [-0.15, -0.1) is 0 Å². The summed E-state index contributed by atoms with van der Waals surface area (Å²) in [6.45, 7) is 10.9. The lowest BCUT2D eigenvalue weighted by atomic mass is 9.82. The molecule has 2 aromatic heterocycles. The molecular weight excluding hydrogens is 420 g/mol. The van der Waals surface area contributed by atoms with E-state index in [0.29, 0.717) is 17.7 Å². The van der Waals surface area contributed by atoms with Gasteiger partial charge >= 0.3 is 6.09 Å². The molecule has 0 spiro atoms. The average molecular weight is 451 g/mol. The normalized spacial score (nSPS) is 13.8. The van der Waals surface area contributed by atoms with Crippen molar-refractivity contribution in [2.24, 2.45) is 5.41 Å². The number of hydrogen-bond donors (Lipinski definition) is 3. The number of ether oxygens (including phenoxy) is 1. The van der Waals surface area contributed by atoms with Crippen LogP contribution in [0.25, 0.3) is 5.57 Å². The number of pyridine rings is 1. The molecule has 8 heteroatoms. The Labute approximate surface area is 193 Å². The van der Waals surface area contributed by atoms with Crippen LogP contribution in [-0.4, -0.2) is 44.4 Å². The Morgan fingerprint density at radius 3 is 2.27 bits per heavy atom. The van der Waals surface area contributed by atoms with Crippen LogP contribution >= 0.6 is 0 Å². The number of aromatic nitrogens is 2. The number of allylic oxidation sites excluding steroid dienone is 2. The molecule has 2 aromatic rings. The third kappa shape index (κ3) is 4.89. The minimum atomic E-state index is -0.841. The molecule has 0 atom stereocenters. The summed E-state index contributed by atoms with van der Waals surface area (Å²) in [7, 11) is 0. The van der Waals surface area contributed by atoms with Crippen LogP contribution in [0.5, 0.6) is 5.88 Å². The highest BCUT2D eigenvalue weighted by molar-refractivity contribution is 6.21. The van der Waals surface area contributed by atoms with Gasteiger partial charge in [-0.3, -0.25) is 15.2 Å². The van der Waals surface area contributed by atoms with E-state index in [2.05, 4.69) is 10.3 Å². The highest BCUT2D eigenvalue weighted by Crippen LogP contribution is 2.39. The zero-order valence-electron chi connectivity index (χ0n) is 19.8. The molecule has 0 aromatic carbocycles. The summed E-state index contributed by atoms with van der Waals surface area (Å²) in [6, 6.07) is 3.22. The van der Waals surface area contributed by atoms with Gasteiger partial charge in [-0.25, -0.2) is 9.36 Å². The fraction of sp³-hybridized carbons (Fsp3) is 0.360. The number of carbonyl (C=O) groups excluding carboxylic acids is 2. The Kier molecular flexibility index (Phi) is 6.31. The van der Waals surface area contributed by atoms with Gasteiger partial charge in [0, 0.05) is 29.9 Å². The van der Waals surface area contributed by atoms with Crippen molar-refractivity contribution < 1.29 is 19.4 Å². The Hall–Kier alpha value is -3.68. The van der Waals surface area contributed by atoms with Crippen molar-refractivity contribution in [3.05, 3.63) is 65.3 Å². The summed E-state index contributed by atoms with van der Waals surface area (Å²) in [5, 5.41) is 23.2. The second kappa shape index (κ2) is 8.69. The minimum absolute atomic E-state index is 0.0187. The molecule has 8 nitrogen and oxygen atoms in total. The maximum atomic E-state index is 13.7. The quantitative estimate of drug-likeness (QED) is 0.466. The number of Topliss-reactive ketones (excluding diaryl/α,β-unsaturated/α-hetero) is 1. The Morgan fingerprint density at radius 1 is 1.12 bits per heavy atom. The lowest BCUT2D eigenvalue weighted by molar-refractivity contribution is 0.0524. The van der Waals surface area contributed by atoms with E-state index >= 15 is 0 Å². The van der Waals surface area contributed by atoms with Crippen molar-refractivity contribution >= 4 is 23.2 Å². The molecule has 0 unspecified atom stereocenters. The number of rotatable bonds is 4. The number of nitrogens with one attached hydrogen (secondary N) is 2. The molecule has 33 heavy (non-hydrogen) atoms. The second-order valence-electron chi connectivity index (χ2n) is 9.83. The van der Waals surface area contributed by atoms with Crippen LogP contribution in [0.15, 0.2) is 42.9 Å². The van der Waals surface area contributed by atoms with Crippen LogP contribution < -0.4 is 5.32 Å². The van der Waals surface area contributed by atoms with Crippen LogP contribution in [0.2, 0.25) is 0 Å². The lowest BCUT2D eigenvalue weighted by Crippen LogP contribution is -2.29. The molecular formula is C25H30N4O4. The smallest absolute Gasteiger partial charge is 0.421 e. The standard InChI is InChI=1S/C25H30N4O4/c1-24(2,3)21(30)18-17(19(26)15-7-11-27-12-8-15)22(31)29(23(32)33-25(4,5)6)20(18)16-9-13-28-14-10-16/h7-13,26,28,31H,14H2,1-6H3. The molecule has 1 aliphatic rings. The number of hydrogen-bond acceptors (Lipinski definition) is 7. The third-order valence-corrected chi connectivity index (χ3v) is 4.94. The van der Waals surface area contributed by atoms with Gasteiger partial charge in [0.25, 0.3) is 0 Å². The highest BCUT2D eigenvalue weighted by Gasteiger charge is 2.38. The van der Waals surface area contributed by atoms with Gasteiger partial charge in [0.2, 0.25) is 5.88 Å². The minimum Gasteiger partial charge on any atom is -0.494 e. The van der Waals surface area contributed by atoms with Gasteiger partial charge in [0.15, 0.2) is 5.78 Å². The summed E-state index contributed by atoms with van der Waals surface area (Å²) in [5.74, 6) is -0.821. The molecule has 3 rings (SSSR count). The van der Waals surface area contributed by atoms with E-state index < -0.39 is 23.0 Å². The maximum absolute atomic E-state index is 13.7. The van der Waals surface area contributed by atoms with Crippen LogP contribution in [0.3, 0.4) is 0 Å². The molecule has 0 fully saturated rings. The van der Waals surface area contributed by atoms with Gasteiger partial charge in [0.05, 0.1) is 22.5 Å². The molecule has 0 saturated carbocycles. The topological polar surface area (TPSA) is 117 Å². The van der Waals surface area contributed by atoms with E-state index in [9.17, 15) is 14.7 Å². The molecule has 0 saturated heterocycles. The Morgan fingerprint density at radius 2 is 1.76 bits per heavy atom. The van der Waals surface area contributed by atoms with E-state index in [-0.39, 0.29) is 28.3 Å². The van der Waals surface area contributed by atoms with Crippen LogP contribution in [0.1, 0.15) is 68.7 Å². The van der Waals surface area contributed by atoms with Crippen molar-refractivity contribution in [1.82, 2.24) is 14.9 Å². The molecule has 174 valence electrons. The van der Waals surface area contributed by atoms with Gasteiger partial charge in [-0.1, -0.05) is 26.8 Å². The first-order valence-electron chi connectivity index (χ1n) is 10.7. The fourth-order valence-electron chi connectivity index (χ4n) is 3.44. The molecule has 0 aliphatic carbocycles. The largest absolute Gasteiger partial charge is 0.494 e. The predicted molar refractivity (Wildman–Crippen MR) is 127 cm³/mol. The van der Waals surface area contributed by atoms with E-state index in [1.807, 2.05) is 6.08 Å². The SMILES string of the molecule is CC(C)(C)OC(=O)n1c(O)c(C(=N)c2ccncc2)c(C(=O)C(C)(C)C)c1C1=CCNC=C1. The first-order chi connectivity index (χ1) is 15.3. The van der Waals surface area contributed by atoms with Gasteiger partial charge in [0.1, 0.15) is 5.60 Å². The van der Waals surface area contributed by atoms with Gasteiger partial charge in [-0.2, -0.15) is 0 Å². The van der Waals surface area contributed by atoms with Crippen molar-refractivity contribution in [3.8, 4) is 5.88 Å². The predicted octanol–water partition coefficient (Wildman–Crippen LogP) is 4.52. The van der Waals surface area contributed by atoms with Crippen molar-refractivity contribution in [2.75, 3.05) is 6.54 Å². The van der Waals surface area contributed by atoms with Crippen LogP contribution in [0.4, 0.5) is 4.79 Å². The first kappa shape index (κ1) is 24.0. The van der Waals surface area contributed by atoms with E-state index in [1.54, 1.807) is 66.0 Å². The summed E-state index contributed by atoms with van der Waals surface area (Å²) >= 11 is 0. The number of aromatic hydroxyl groups is 1. The van der Waals surface area contributed by atoms with E-state index in [0.717, 1.165) is 4.57 Å². The van der Waals surface area contributed by atoms with Crippen molar-refractivity contribution in [2.45, 2.75) is 47.1 Å². The average Bonchev–Trinajstić information content (AvgIpc) is 3.04. The number of carbonyl (C=O) groups is 2. The number of dihydropyridines is 1. The molecule has 0 radical (unpaired) electrons. The van der Waals surface area contributed by atoms with Crippen molar-refractivity contribution in [1.29, 1.82) is 5.41 Å². The number of ketones is 1. The summed E-state index contributed by atoms with van der Waals surface area (Å²) < 4.78 is 6.56. The first-order valence-corrected chi connectivity index (χ1v) is 10.7. The zero-order valence-corrected chi connectivity index (χ0v) is 19.8. The number of nitrogens with zero attached hydrogens (tertiary/aromatic N) is 2. The molecule has 3 N–H and O–H groups in total. The monoisotopic (exact) mass is 450 g/mol.